The van der Waals surface area contributed by atoms with Gasteiger partial charge in [0.2, 0.25) is 5.91 Å². The van der Waals surface area contributed by atoms with Crippen molar-refractivity contribution in [2.75, 3.05) is 12.4 Å². The normalized spacial score (nSPS) is 30.5. The third-order valence-corrected chi connectivity index (χ3v) is 10.6. The number of aromatic nitrogens is 1. The molecule has 1 aromatic heterocycles. The number of phenols is 1. The van der Waals surface area contributed by atoms with E-state index in [0.717, 1.165) is 52.5 Å². The Labute approximate surface area is 225 Å². The molecule has 0 spiro atoms. The summed E-state index contributed by atoms with van der Waals surface area (Å²) in [6.45, 7) is 6.44. The monoisotopic (exact) mass is 607 g/mol. The molecule has 3 aliphatic carbocycles. The van der Waals surface area contributed by atoms with Gasteiger partial charge >= 0.3 is 0 Å². The van der Waals surface area contributed by atoms with Crippen molar-refractivity contribution < 1.29 is 14.7 Å². The number of anilines is 1. The highest BCUT2D eigenvalue weighted by atomic mass is 127. The molecule has 0 aliphatic heterocycles. The second kappa shape index (κ2) is 9.65. The number of nitrogens with zero attached hydrogens (tertiary/aromatic N) is 2. The Bertz CT molecular complexity index is 1180. The molecule has 6 nitrogen and oxygen atoms in total. The summed E-state index contributed by atoms with van der Waals surface area (Å²) in [6.07, 6.45) is 8.38. The molecule has 1 amide bonds. The van der Waals surface area contributed by atoms with Gasteiger partial charge in [-0.15, -0.1) is 11.3 Å². The number of halogens is 1. The third kappa shape index (κ3) is 4.38. The van der Waals surface area contributed by atoms with Crippen molar-refractivity contribution in [1.29, 1.82) is 0 Å². The van der Waals surface area contributed by atoms with Crippen molar-refractivity contribution in [3.8, 4) is 5.75 Å². The average molecular weight is 608 g/mol. The second-order valence-electron chi connectivity index (χ2n) is 10.7. The number of aryl methyl sites for hydroxylation is 1. The van der Waals surface area contributed by atoms with Gasteiger partial charge in [0, 0.05) is 22.9 Å². The highest BCUT2D eigenvalue weighted by Gasteiger charge is 2.57. The largest absolute Gasteiger partial charge is 0.507 e. The smallest absolute Gasteiger partial charge is 0.226 e. The van der Waals surface area contributed by atoms with Crippen LogP contribution in [-0.4, -0.2) is 28.8 Å². The Kier molecular flexibility index (Phi) is 6.89. The van der Waals surface area contributed by atoms with Crippen LogP contribution in [0.2, 0.25) is 0 Å². The fourth-order valence-corrected chi connectivity index (χ4v) is 8.81. The van der Waals surface area contributed by atoms with Gasteiger partial charge in [-0.3, -0.25) is 4.79 Å². The summed E-state index contributed by atoms with van der Waals surface area (Å²) in [5.41, 5.74) is 5.03. The van der Waals surface area contributed by atoms with E-state index in [1.807, 2.05) is 6.92 Å². The van der Waals surface area contributed by atoms with Crippen molar-refractivity contribution in [3.63, 3.8) is 0 Å². The van der Waals surface area contributed by atoms with E-state index < -0.39 is 0 Å². The molecule has 0 radical (unpaired) electrons. The number of oxime groups is 1. The number of phenolic OH excluding ortho intramolecular Hbond substituents is 1. The van der Waals surface area contributed by atoms with Crippen LogP contribution in [0.3, 0.4) is 0 Å². The Morgan fingerprint density at radius 3 is 2.91 bits per heavy atom. The molecule has 2 fully saturated rings. The SMILES string of the molecule is CO/N=C1\C[C@@H](CCC(=O)Nc2ncc(C)s2)C2C3CCc4c(cc(I)c(O)c4C)C3CC[C@]12C. The predicted octanol–water partition coefficient (Wildman–Crippen LogP) is 6.57. The Hall–Kier alpha value is -1.68. The minimum atomic E-state index is 0.0152. The maximum absolute atomic E-state index is 12.8. The van der Waals surface area contributed by atoms with E-state index in [1.54, 1.807) is 13.3 Å². The first kappa shape index (κ1) is 25.0. The number of hydrogen-bond donors (Lipinski definition) is 2. The quantitative estimate of drug-likeness (QED) is 0.298. The van der Waals surface area contributed by atoms with E-state index in [0.29, 0.717) is 41.0 Å². The molecule has 35 heavy (non-hydrogen) atoms. The number of fused-ring (bicyclic) bond motifs is 5. The molecule has 2 saturated carbocycles. The fraction of sp³-hybridized carbons (Fsp3) is 0.593. The van der Waals surface area contributed by atoms with Gasteiger partial charge in [0.25, 0.3) is 0 Å². The molecule has 2 aromatic rings. The molecule has 5 rings (SSSR count). The summed E-state index contributed by atoms with van der Waals surface area (Å²) in [7, 11) is 1.64. The second-order valence-corrected chi connectivity index (χ2v) is 13.1. The fourth-order valence-electron chi connectivity index (χ4n) is 7.39. The van der Waals surface area contributed by atoms with Gasteiger partial charge in [0.15, 0.2) is 5.13 Å². The van der Waals surface area contributed by atoms with E-state index in [1.165, 1.54) is 28.2 Å². The maximum atomic E-state index is 12.8. The standard InChI is InChI=1S/C27H34IN3O3S/c1-14-13-29-26(35-14)30-23(32)8-5-16-11-22(31-34-4)27(3)10-9-18-19(24(16)27)7-6-17-15(2)25(33)21(28)12-20(17)18/h12-13,16,18-19,24,33H,5-11H2,1-4H3,(H,29,30,32)/b31-22+/t16-,18?,19?,24?,27-/m1/s1. The first-order valence-electron chi connectivity index (χ1n) is 12.6. The number of rotatable bonds is 5. The zero-order valence-corrected chi connectivity index (χ0v) is 23.8. The Morgan fingerprint density at radius 2 is 2.20 bits per heavy atom. The summed E-state index contributed by atoms with van der Waals surface area (Å²) < 4.78 is 0.950. The minimum absolute atomic E-state index is 0.0152. The zero-order valence-electron chi connectivity index (χ0n) is 20.9. The van der Waals surface area contributed by atoms with Gasteiger partial charge in [0.1, 0.15) is 12.9 Å². The van der Waals surface area contributed by atoms with Crippen LogP contribution in [0, 0.1) is 40.6 Å². The van der Waals surface area contributed by atoms with Crippen molar-refractivity contribution in [3.05, 3.63) is 37.4 Å². The van der Waals surface area contributed by atoms with Crippen molar-refractivity contribution in [2.24, 2.45) is 28.3 Å². The lowest BCUT2D eigenvalue weighted by Gasteiger charge is -2.50. The summed E-state index contributed by atoms with van der Waals surface area (Å²) in [4.78, 5) is 23.4. The van der Waals surface area contributed by atoms with E-state index in [4.69, 9.17) is 4.84 Å². The topological polar surface area (TPSA) is 83.8 Å². The number of nitrogens with one attached hydrogen (secondary N) is 1. The number of thiazole rings is 1. The number of aromatic hydroxyl groups is 1. The molecule has 8 heteroatoms. The Balaban J connectivity index is 1.41. The lowest BCUT2D eigenvalue weighted by Crippen LogP contribution is -2.44. The van der Waals surface area contributed by atoms with Gasteiger partial charge in [-0.1, -0.05) is 12.1 Å². The van der Waals surface area contributed by atoms with Crippen molar-refractivity contribution >= 4 is 50.7 Å². The first-order chi connectivity index (χ1) is 16.7. The molecule has 2 N–H and O–H groups in total. The van der Waals surface area contributed by atoms with Crippen LogP contribution in [-0.2, 0) is 16.1 Å². The number of carbonyl (C=O) groups excluding carboxylic acids is 1. The summed E-state index contributed by atoms with van der Waals surface area (Å²) >= 11 is 3.78. The van der Waals surface area contributed by atoms with Crippen LogP contribution < -0.4 is 5.32 Å². The Morgan fingerprint density at radius 1 is 1.40 bits per heavy atom. The van der Waals surface area contributed by atoms with Crippen molar-refractivity contribution in [1.82, 2.24) is 4.98 Å². The van der Waals surface area contributed by atoms with Crippen LogP contribution in [0.4, 0.5) is 5.13 Å². The molecule has 3 aliphatic rings. The number of amides is 1. The van der Waals surface area contributed by atoms with Gasteiger partial charge in [0.05, 0.1) is 9.28 Å². The molecular weight excluding hydrogens is 573 g/mol. The van der Waals surface area contributed by atoms with Crippen LogP contribution in [0.1, 0.15) is 72.9 Å². The molecule has 0 saturated heterocycles. The minimum Gasteiger partial charge on any atom is -0.507 e. The van der Waals surface area contributed by atoms with Crippen LogP contribution in [0.15, 0.2) is 17.4 Å². The number of hydrogen-bond acceptors (Lipinski definition) is 6. The molecule has 188 valence electrons. The predicted molar refractivity (Wildman–Crippen MR) is 148 cm³/mol. The van der Waals surface area contributed by atoms with Gasteiger partial charge < -0.3 is 15.3 Å². The lowest BCUT2D eigenvalue weighted by molar-refractivity contribution is -0.116. The van der Waals surface area contributed by atoms with Gasteiger partial charge in [-0.2, -0.15) is 0 Å². The number of benzene rings is 1. The third-order valence-electron chi connectivity index (χ3n) is 8.91. The van der Waals surface area contributed by atoms with E-state index >= 15 is 0 Å². The summed E-state index contributed by atoms with van der Waals surface area (Å²) in [5.74, 6) is 2.42. The van der Waals surface area contributed by atoms with Crippen molar-refractivity contribution in [2.45, 2.75) is 71.6 Å². The number of carbonyl (C=O) groups is 1. The molecule has 3 unspecified atom stereocenters. The molecular formula is C27H34IN3O3S. The maximum Gasteiger partial charge on any atom is 0.226 e. The molecule has 1 heterocycles. The van der Waals surface area contributed by atoms with Gasteiger partial charge in [-0.05, 0) is 121 Å². The highest BCUT2D eigenvalue weighted by Crippen LogP contribution is 2.63. The summed E-state index contributed by atoms with van der Waals surface area (Å²) in [5, 5.41) is 18.7. The van der Waals surface area contributed by atoms with Crippen LogP contribution in [0.25, 0.3) is 0 Å². The van der Waals surface area contributed by atoms with E-state index in [9.17, 15) is 9.90 Å². The highest BCUT2D eigenvalue weighted by molar-refractivity contribution is 14.1. The lowest BCUT2D eigenvalue weighted by atomic mass is 9.53. The average Bonchev–Trinajstić information content (AvgIpc) is 3.36. The molecule has 1 aromatic carbocycles. The summed E-state index contributed by atoms with van der Waals surface area (Å²) in [6, 6.07) is 2.23. The van der Waals surface area contributed by atoms with Crippen LogP contribution in [0.5, 0.6) is 5.75 Å². The zero-order chi connectivity index (χ0) is 24.9. The molecule has 0 bridgehead atoms. The first-order valence-corrected chi connectivity index (χ1v) is 14.5. The van der Waals surface area contributed by atoms with E-state index in [2.05, 4.69) is 58.0 Å². The van der Waals surface area contributed by atoms with Gasteiger partial charge in [-0.25, -0.2) is 4.98 Å². The van der Waals surface area contributed by atoms with Crippen LogP contribution >= 0.6 is 33.9 Å². The van der Waals surface area contributed by atoms with E-state index in [-0.39, 0.29) is 11.3 Å². The molecule has 5 atom stereocenters.